The van der Waals surface area contributed by atoms with Crippen LogP contribution in [-0.4, -0.2) is 28.0 Å². The van der Waals surface area contributed by atoms with Crippen molar-refractivity contribution in [2.75, 3.05) is 6.61 Å². The van der Waals surface area contributed by atoms with E-state index in [4.69, 9.17) is 13.6 Å². The van der Waals surface area contributed by atoms with Gasteiger partial charge in [0.2, 0.25) is 5.91 Å². The van der Waals surface area contributed by atoms with Crippen molar-refractivity contribution in [1.82, 2.24) is 9.47 Å². The fraction of sp³-hybridized carbons (Fsp3) is 0.333. The molecule has 0 aromatic carbocycles. The van der Waals surface area contributed by atoms with E-state index in [1.807, 2.05) is 30.5 Å². The maximum Gasteiger partial charge on any atom is 0.339 e. The van der Waals surface area contributed by atoms with Crippen LogP contribution in [0.5, 0.6) is 0 Å². The molecular formula is C21H24N2O5. The van der Waals surface area contributed by atoms with Gasteiger partial charge in [0.25, 0.3) is 0 Å². The van der Waals surface area contributed by atoms with E-state index in [-0.39, 0.29) is 18.4 Å². The monoisotopic (exact) mass is 384 g/mol. The lowest BCUT2D eigenvalue weighted by Gasteiger charge is -2.22. The third-order valence-corrected chi connectivity index (χ3v) is 4.57. The third kappa shape index (κ3) is 4.36. The second kappa shape index (κ2) is 8.65. The molecule has 0 atom stereocenters. The highest BCUT2D eigenvalue weighted by Gasteiger charge is 2.22. The van der Waals surface area contributed by atoms with Crippen molar-refractivity contribution in [3.8, 4) is 0 Å². The van der Waals surface area contributed by atoms with E-state index in [1.54, 1.807) is 42.5 Å². The molecule has 148 valence electrons. The van der Waals surface area contributed by atoms with E-state index in [2.05, 4.69) is 0 Å². The van der Waals surface area contributed by atoms with E-state index in [0.29, 0.717) is 42.5 Å². The molecule has 0 unspecified atom stereocenters. The van der Waals surface area contributed by atoms with Crippen molar-refractivity contribution in [2.45, 2.75) is 40.4 Å². The number of hydrogen-bond donors (Lipinski definition) is 0. The van der Waals surface area contributed by atoms with Crippen LogP contribution in [0.25, 0.3) is 0 Å². The molecule has 0 saturated carbocycles. The van der Waals surface area contributed by atoms with Gasteiger partial charge in [0.15, 0.2) is 0 Å². The van der Waals surface area contributed by atoms with Crippen molar-refractivity contribution in [3.63, 3.8) is 0 Å². The van der Waals surface area contributed by atoms with Gasteiger partial charge in [-0.25, -0.2) is 4.79 Å². The zero-order valence-electron chi connectivity index (χ0n) is 16.3. The number of esters is 1. The Kier molecular flexibility index (Phi) is 6.03. The third-order valence-electron chi connectivity index (χ3n) is 4.57. The average molecular weight is 384 g/mol. The molecule has 0 saturated heterocycles. The quantitative estimate of drug-likeness (QED) is 0.554. The van der Waals surface area contributed by atoms with Crippen molar-refractivity contribution in [3.05, 3.63) is 71.3 Å². The smallest absolute Gasteiger partial charge is 0.339 e. The van der Waals surface area contributed by atoms with E-state index in [0.717, 1.165) is 5.69 Å². The largest absolute Gasteiger partial charge is 0.467 e. The van der Waals surface area contributed by atoms with Gasteiger partial charge in [-0.1, -0.05) is 0 Å². The van der Waals surface area contributed by atoms with Gasteiger partial charge in [0, 0.05) is 11.4 Å². The van der Waals surface area contributed by atoms with Crippen molar-refractivity contribution >= 4 is 11.9 Å². The molecule has 0 aliphatic carbocycles. The second-order valence-electron chi connectivity index (χ2n) is 6.50. The molecule has 0 spiro atoms. The predicted octanol–water partition coefficient (Wildman–Crippen LogP) is 3.70. The van der Waals surface area contributed by atoms with Gasteiger partial charge in [-0.05, 0) is 51.1 Å². The van der Waals surface area contributed by atoms with E-state index in [1.165, 1.54) is 0 Å². The van der Waals surface area contributed by atoms with Gasteiger partial charge in [-0.3, -0.25) is 4.79 Å². The maximum absolute atomic E-state index is 13.1. The summed E-state index contributed by atoms with van der Waals surface area (Å²) in [6.45, 7) is 6.53. The first kappa shape index (κ1) is 19.5. The van der Waals surface area contributed by atoms with Gasteiger partial charge in [-0.2, -0.15) is 0 Å². The molecule has 7 heteroatoms. The molecule has 7 nitrogen and oxygen atoms in total. The summed E-state index contributed by atoms with van der Waals surface area (Å²) in [6, 6.07) is 8.98. The number of nitrogens with zero attached hydrogens (tertiary/aromatic N) is 2. The van der Waals surface area contributed by atoms with Crippen LogP contribution in [0.1, 0.15) is 40.2 Å². The molecule has 3 heterocycles. The number of rotatable bonds is 8. The van der Waals surface area contributed by atoms with Crippen molar-refractivity contribution in [1.29, 1.82) is 0 Å². The number of aryl methyl sites for hydroxylation is 1. The minimum Gasteiger partial charge on any atom is -0.467 e. The topological polar surface area (TPSA) is 77.8 Å². The highest BCUT2D eigenvalue weighted by Crippen LogP contribution is 2.18. The predicted molar refractivity (Wildman–Crippen MR) is 102 cm³/mol. The molecule has 3 aromatic rings. The zero-order chi connectivity index (χ0) is 20.1. The number of carbonyl (C=O) groups is 2. The van der Waals surface area contributed by atoms with Crippen LogP contribution in [0.4, 0.5) is 0 Å². The molecule has 0 bridgehead atoms. The lowest BCUT2D eigenvalue weighted by molar-refractivity contribution is -0.133. The minimum atomic E-state index is -0.377. The van der Waals surface area contributed by atoms with E-state index in [9.17, 15) is 9.59 Å². The fourth-order valence-corrected chi connectivity index (χ4v) is 3.11. The summed E-state index contributed by atoms with van der Waals surface area (Å²) >= 11 is 0. The van der Waals surface area contributed by atoms with Crippen LogP contribution in [0.15, 0.2) is 51.7 Å². The highest BCUT2D eigenvalue weighted by atomic mass is 16.5. The Morgan fingerprint density at radius 2 is 1.68 bits per heavy atom. The van der Waals surface area contributed by atoms with Crippen molar-refractivity contribution in [2.24, 2.45) is 0 Å². The number of carbonyl (C=O) groups excluding carboxylic acids is 2. The number of aromatic nitrogens is 1. The molecule has 1 amide bonds. The highest BCUT2D eigenvalue weighted by molar-refractivity contribution is 5.91. The number of hydrogen-bond acceptors (Lipinski definition) is 5. The lowest BCUT2D eigenvalue weighted by atomic mass is 10.2. The molecule has 0 fully saturated rings. The fourth-order valence-electron chi connectivity index (χ4n) is 3.11. The van der Waals surface area contributed by atoms with Crippen LogP contribution in [-0.2, 0) is 29.2 Å². The summed E-state index contributed by atoms with van der Waals surface area (Å²) in [6.07, 6.45) is 3.16. The van der Waals surface area contributed by atoms with Crippen LogP contribution in [0.2, 0.25) is 0 Å². The summed E-state index contributed by atoms with van der Waals surface area (Å²) in [5, 5.41) is 0. The summed E-state index contributed by atoms with van der Waals surface area (Å²) in [7, 11) is 0. The van der Waals surface area contributed by atoms with Crippen LogP contribution < -0.4 is 0 Å². The zero-order valence-corrected chi connectivity index (χ0v) is 16.3. The Labute approximate surface area is 163 Å². The summed E-state index contributed by atoms with van der Waals surface area (Å²) in [4.78, 5) is 26.9. The van der Waals surface area contributed by atoms with E-state index >= 15 is 0 Å². The molecular weight excluding hydrogens is 360 g/mol. The lowest BCUT2D eigenvalue weighted by Crippen LogP contribution is -2.33. The Balaban J connectivity index is 1.80. The molecule has 0 radical (unpaired) electrons. The Bertz CT molecular complexity index is 886. The van der Waals surface area contributed by atoms with Gasteiger partial charge >= 0.3 is 5.97 Å². The van der Waals surface area contributed by atoms with Gasteiger partial charge in [-0.15, -0.1) is 0 Å². The molecule has 0 aliphatic heterocycles. The number of furan rings is 2. The molecule has 28 heavy (non-hydrogen) atoms. The normalized spacial score (nSPS) is 10.8. The second-order valence-corrected chi connectivity index (χ2v) is 6.50. The first-order chi connectivity index (χ1) is 13.5. The molecule has 0 aliphatic rings. The first-order valence-corrected chi connectivity index (χ1v) is 9.16. The SMILES string of the molecule is CCOC(=O)c1cc(C)n(CC(=O)N(Cc2ccco2)Cc2ccco2)c1C. The summed E-state index contributed by atoms with van der Waals surface area (Å²) < 4.78 is 17.7. The Hall–Kier alpha value is -3.22. The van der Waals surface area contributed by atoms with Crippen LogP contribution in [0, 0.1) is 13.8 Å². The molecule has 0 N–H and O–H groups in total. The number of ether oxygens (including phenoxy) is 1. The molecule has 3 rings (SSSR count). The first-order valence-electron chi connectivity index (χ1n) is 9.16. The van der Waals surface area contributed by atoms with Gasteiger partial charge in [0.1, 0.15) is 18.1 Å². The Morgan fingerprint density at radius 3 is 2.18 bits per heavy atom. The van der Waals surface area contributed by atoms with Crippen molar-refractivity contribution < 1.29 is 23.2 Å². The molecule has 3 aromatic heterocycles. The Morgan fingerprint density at radius 1 is 1.07 bits per heavy atom. The van der Waals surface area contributed by atoms with Crippen LogP contribution in [0.3, 0.4) is 0 Å². The summed E-state index contributed by atoms with van der Waals surface area (Å²) in [5.74, 6) is 0.892. The minimum absolute atomic E-state index is 0.106. The standard InChI is InChI=1S/C21H24N2O5/c1-4-26-21(25)19-11-15(2)23(16(19)3)14-20(24)22(12-17-7-5-9-27-17)13-18-8-6-10-28-18/h5-11H,4,12-14H2,1-3H3. The van der Waals surface area contributed by atoms with Crippen LogP contribution >= 0.6 is 0 Å². The van der Waals surface area contributed by atoms with Gasteiger partial charge in [0.05, 0.1) is 37.8 Å². The number of amides is 1. The maximum atomic E-state index is 13.1. The average Bonchev–Trinajstić information content (AvgIpc) is 3.41. The summed E-state index contributed by atoms with van der Waals surface area (Å²) in [5.41, 5.74) is 2.01. The van der Waals surface area contributed by atoms with Gasteiger partial charge < -0.3 is 23.0 Å². The van der Waals surface area contributed by atoms with E-state index < -0.39 is 0 Å².